The second kappa shape index (κ2) is 10.2. The molecular weight excluding hydrogens is 402 g/mol. The van der Waals surface area contributed by atoms with Gasteiger partial charge in [-0.25, -0.2) is 0 Å². The van der Waals surface area contributed by atoms with Crippen molar-refractivity contribution in [3.05, 3.63) is 71.8 Å². The van der Waals surface area contributed by atoms with Crippen LogP contribution in [0.4, 0.5) is 0 Å². The Balaban J connectivity index is 1.74. The number of piperidine rings is 1. The number of hydrogen-bond donors (Lipinski definition) is 2. The number of nitrogens with one attached hydrogen (secondary N) is 2. The summed E-state index contributed by atoms with van der Waals surface area (Å²) >= 11 is 0. The highest BCUT2D eigenvalue weighted by Crippen LogP contribution is 2.36. The standard InChI is InChI=1S/C22H29N3O4S/c1-29-17-14-24-30(27,28)25-15-12-22(13-16-25,20-10-6-3-7-11-20)21(26)23-18-19-8-4-2-5-9-19/h2-11,24H,12-18H2,1H3,(H,23,26). The summed E-state index contributed by atoms with van der Waals surface area (Å²) in [6, 6.07) is 19.4. The van der Waals surface area contributed by atoms with Crippen LogP contribution in [-0.2, 0) is 31.7 Å². The third-order valence-electron chi connectivity index (χ3n) is 5.56. The zero-order valence-corrected chi connectivity index (χ0v) is 18.0. The lowest BCUT2D eigenvalue weighted by atomic mass is 9.72. The molecule has 1 aliphatic rings. The molecule has 0 atom stereocenters. The molecule has 1 saturated heterocycles. The first-order chi connectivity index (χ1) is 14.5. The fourth-order valence-corrected chi connectivity index (χ4v) is 5.01. The Morgan fingerprint density at radius 3 is 2.23 bits per heavy atom. The van der Waals surface area contributed by atoms with Gasteiger partial charge in [0.05, 0.1) is 12.0 Å². The predicted octanol–water partition coefficient (Wildman–Crippen LogP) is 1.82. The summed E-state index contributed by atoms with van der Waals surface area (Å²) in [6.45, 7) is 1.51. The van der Waals surface area contributed by atoms with Crippen LogP contribution in [0.15, 0.2) is 60.7 Å². The van der Waals surface area contributed by atoms with Crippen molar-refractivity contribution in [2.75, 3.05) is 33.4 Å². The highest BCUT2D eigenvalue weighted by atomic mass is 32.2. The summed E-state index contributed by atoms with van der Waals surface area (Å²) < 4.78 is 34.0. The normalized spacial score (nSPS) is 16.8. The largest absolute Gasteiger partial charge is 0.383 e. The molecule has 2 aromatic rings. The molecule has 0 aliphatic carbocycles. The van der Waals surface area contributed by atoms with Crippen LogP contribution < -0.4 is 10.0 Å². The highest BCUT2D eigenvalue weighted by molar-refractivity contribution is 7.87. The number of carbonyl (C=O) groups is 1. The van der Waals surface area contributed by atoms with Crippen molar-refractivity contribution in [2.45, 2.75) is 24.8 Å². The fourth-order valence-electron chi connectivity index (χ4n) is 3.82. The Hall–Kier alpha value is -2.26. The van der Waals surface area contributed by atoms with Crippen LogP contribution in [-0.4, -0.2) is 52.0 Å². The second-order valence-electron chi connectivity index (χ2n) is 7.41. The van der Waals surface area contributed by atoms with Crippen LogP contribution in [0.25, 0.3) is 0 Å². The Labute approximate surface area is 178 Å². The third-order valence-corrected chi connectivity index (χ3v) is 7.18. The second-order valence-corrected chi connectivity index (χ2v) is 9.16. The molecule has 8 heteroatoms. The molecule has 2 aromatic carbocycles. The molecule has 0 saturated carbocycles. The summed E-state index contributed by atoms with van der Waals surface area (Å²) in [7, 11) is -2.07. The Morgan fingerprint density at radius 2 is 1.63 bits per heavy atom. The maximum atomic E-state index is 13.3. The van der Waals surface area contributed by atoms with Crippen molar-refractivity contribution in [1.29, 1.82) is 0 Å². The van der Waals surface area contributed by atoms with Gasteiger partial charge in [0.15, 0.2) is 0 Å². The van der Waals surface area contributed by atoms with Gasteiger partial charge in [-0.05, 0) is 24.0 Å². The number of rotatable bonds is 9. The average molecular weight is 432 g/mol. The molecular formula is C22H29N3O4S. The summed E-state index contributed by atoms with van der Waals surface area (Å²) in [4.78, 5) is 13.3. The van der Waals surface area contributed by atoms with E-state index in [9.17, 15) is 13.2 Å². The maximum Gasteiger partial charge on any atom is 0.279 e. The van der Waals surface area contributed by atoms with Crippen molar-refractivity contribution < 1.29 is 17.9 Å². The molecule has 7 nitrogen and oxygen atoms in total. The molecule has 3 rings (SSSR count). The van der Waals surface area contributed by atoms with Gasteiger partial charge in [0, 0.05) is 33.3 Å². The van der Waals surface area contributed by atoms with E-state index in [1.54, 1.807) is 0 Å². The van der Waals surface area contributed by atoms with Gasteiger partial charge in [-0.2, -0.15) is 17.4 Å². The van der Waals surface area contributed by atoms with Crippen molar-refractivity contribution in [3.63, 3.8) is 0 Å². The van der Waals surface area contributed by atoms with Gasteiger partial charge in [-0.1, -0.05) is 60.7 Å². The minimum absolute atomic E-state index is 0.0676. The van der Waals surface area contributed by atoms with E-state index in [0.29, 0.717) is 26.0 Å². The van der Waals surface area contributed by atoms with Gasteiger partial charge in [0.2, 0.25) is 5.91 Å². The zero-order valence-electron chi connectivity index (χ0n) is 17.2. The van der Waals surface area contributed by atoms with Crippen LogP contribution in [0.2, 0.25) is 0 Å². The first-order valence-electron chi connectivity index (χ1n) is 10.1. The van der Waals surface area contributed by atoms with E-state index in [1.165, 1.54) is 11.4 Å². The predicted molar refractivity (Wildman–Crippen MR) is 116 cm³/mol. The Kier molecular flexibility index (Phi) is 7.60. The quantitative estimate of drug-likeness (QED) is 0.593. The minimum atomic E-state index is -3.60. The SMILES string of the molecule is COCCNS(=O)(=O)N1CCC(C(=O)NCc2ccccc2)(c2ccccc2)CC1. The molecule has 30 heavy (non-hydrogen) atoms. The van der Waals surface area contributed by atoms with Crippen molar-refractivity contribution in [2.24, 2.45) is 0 Å². The van der Waals surface area contributed by atoms with Crippen molar-refractivity contribution >= 4 is 16.1 Å². The lowest BCUT2D eigenvalue weighted by molar-refractivity contribution is -0.128. The average Bonchev–Trinajstić information content (AvgIpc) is 2.79. The molecule has 0 radical (unpaired) electrons. The Morgan fingerprint density at radius 1 is 1.03 bits per heavy atom. The van der Waals surface area contributed by atoms with Crippen LogP contribution in [0.5, 0.6) is 0 Å². The van der Waals surface area contributed by atoms with E-state index >= 15 is 0 Å². The van der Waals surface area contributed by atoms with Gasteiger partial charge in [-0.3, -0.25) is 4.79 Å². The van der Waals surface area contributed by atoms with Gasteiger partial charge in [0.1, 0.15) is 0 Å². The zero-order chi connectivity index (χ0) is 21.5. The molecule has 0 aromatic heterocycles. The number of methoxy groups -OCH3 is 1. The molecule has 0 spiro atoms. The lowest BCUT2D eigenvalue weighted by Gasteiger charge is -2.40. The van der Waals surface area contributed by atoms with Crippen LogP contribution >= 0.6 is 0 Å². The molecule has 0 unspecified atom stereocenters. The van der Waals surface area contributed by atoms with Crippen LogP contribution in [0.3, 0.4) is 0 Å². The van der Waals surface area contributed by atoms with Crippen molar-refractivity contribution in [1.82, 2.24) is 14.3 Å². The van der Waals surface area contributed by atoms with Crippen LogP contribution in [0.1, 0.15) is 24.0 Å². The molecule has 0 bridgehead atoms. The van der Waals surface area contributed by atoms with E-state index in [0.717, 1.165) is 11.1 Å². The molecule has 1 fully saturated rings. The molecule has 1 heterocycles. The molecule has 1 amide bonds. The molecule has 2 N–H and O–H groups in total. The first-order valence-corrected chi connectivity index (χ1v) is 11.5. The van der Waals surface area contributed by atoms with Gasteiger partial charge in [0.25, 0.3) is 10.2 Å². The maximum absolute atomic E-state index is 13.3. The topological polar surface area (TPSA) is 87.7 Å². The fraction of sp³-hybridized carbons (Fsp3) is 0.409. The minimum Gasteiger partial charge on any atom is -0.383 e. The molecule has 1 aliphatic heterocycles. The van der Waals surface area contributed by atoms with E-state index < -0.39 is 15.6 Å². The number of amides is 1. The monoisotopic (exact) mass is 431 g/mol. The summed E-state index contributed by atoms with van der Waals surface area (Å²) in [6.07, 6.45) is 0.839. The lowest BCUT2D eigenvalue weighted by Crippen LogP contribution is -2.54. The number of hydrogen-bond acceptors (Lipinski definition) is 4. The molecule has 162 valence electrons. The summed E-state index contributed by atoms with van der Waals surface area (Å²) in [5, 5.41) is 3.06. The number of benzene rings is 2. The van der Waals surface area contributed by atoms with E-state index in [2.05, 4.69) is 10.0 Å². The van der Waals surface area contributed by atoms with E-state index in [-0.39, 0.29) is 25.5 Å². The van der Waals surface area contributed by atoms with Gasteiger partial charge >= 0.3 is 0 Å². The van der Waals surface area contributed by atoms with E-state index in [1.807, 2.05) is 60.7 Å². The third kappa shape index (κ3) is 5.26. The summed E-state index contributed by atoms with van der Waals surface area (Å²) in [5.41, 5.74) is 1.19. The van der Waals surface area contributed by atoms with Gasteiger partial charge < -0.3 is 10.1 Å². The highest BCUT2D eigenvalue weighted by Gasteiger charge is 2.44. The van der Waals surface area contributed by atoms with Crippen LogP contribution in [0, 0.1) is 0 Å². The van der Waals surface area contributed by atoms with E-state index in [4.69, 9.17) is 4.74 Å². The smallest absolute Gasteiger partial charge is 0.279 e. The Bertz CT molecular complexity index is 912. The number of nitrogens with zero attached hydrogens (tertiary/aromatic N) is 1. The van der Waals surface area contributed by atoms with Gasteiger partial charge in [-0.15, -0.1) is 0 Å². The number of carbonyl (C=O) groups excluding carboxylic acids is 1. The van der Waals surface area contributed by atoms with Crippen molar-refractivity contribution in [3.8, 4) is 0 Å². The number of ether oxygens (including phenoxy) is 1. The summed E-state index contributed by atoms with van der Waals surface area (Å²) in [5.74, 6) is -0.0676. The first kappa shape index (κ1) is 22.4.